The molecular weight excluding hydrogens is 386 g/mol. The van der Waals surface area contributed by atoms with E-state index in [1.54, 1.807) is 36.4 Å². The minimum atomic E-state index is -0.742. The predicted octanol–water partition coefficient (Wildman–Crippen LogP) is 4.00. The molecule has 1 aliphatic rings. The molecule has 30 heavy (non-hydrogen) atoms. The minimum absolute atomic E-state index is 0.0287. The van der Waals surface area contributed by atoms with Gasteiger partial charge in [-0.3, -0.25) is 9.59 Å². The Kier molecular flexibility index (Phi) is 5.43. The lowest BCUT2D eigenvalue weighted by molar-refractivity contribution is -0.169. The predicted molar refractivity (Wildman–Crippen MR) is 106 cm³/mol. The third-order valence-electron chi connectivity index (χ3n) is 4.33. The van der Waals surface area contributed by atoms with E-state index in [4.69, 9.17) is 14.3 Å². The molecule has 3 aromatic rings. The zero-order chi connectivity index (χ0) is 20.9. The summed E-state index contributed by atoms with van der Waals surface area (Å²) in [6.45, 7) is 0.0287. The van der Waals surface area contributed by atoms with Crippen molar-refractivity contribution >= 4 is 17.8 Å². The molecule has 7 heteroatoms. The number of carbonyl (C=O) groups is 3. The highest BCUT2D eigenvalue weighted by molar-refractivity contribution is 6.20. The summed E-state index contributed by atoms with van der Waals surface area (Å²) in [4.78, 5) is 41.3. The molecule has 0 saturated carbocycles. The van der Waals surface area contributed by atoms with Crippen molar-refractivity contribution in [3.05, 3.63) is 90.0 Å². The van der Waals surface area contributed by atoms with E-state index in [0.29, 0.717) is 16.6 Å². The van der Waals surface area contributed by atoms with Gasteiger partial charge < -0.3 is 14.3 Å². The summed E-state index contributed by atoms with van der Waals surface area (Å²) in [6.07, 6.45) is -0.129. The van der Waals surface area contributed by atoms with Gasteiger partial charge in [0.2, 0.25) is 0 Å². The van der Waals surface area contributed by atoms with Gasteiger partial charge in [0, 0.05) is 0 Å². The Balaban J connectivity index is 1.25. The van der Waals surface area contributed by atoms with E-state index >= 15 is 0 Å². The molecule has 0 bridgehead atoms. The third-order valence-corrected chi connectivity index (χ3v) is 4.33. The Bertz CT molecular complexity index is 1040. The van der Waals surface area contributed by atoms with Crippen LogP contribution in [0.3, 0.4) is 0 Å². The highest BCUT2D eigenvalue weighted by atomic mass is 16.7. The molecule has 1 heterocycles. The van der Waals surface area contributed by atoms with Gasteiger partial charge in [0.05, 0.1) is 24.2 Å². The SMILES string of the molecule is O=C(CCOc1ccc(Oc2ccccc2)cc1)ON1C(=O)c2ccccc2C1=O. The third kappa shape index (κ3) is 4.15. The summed E-state index contributed by atoms with van der Waals surface area (Å²) in [7, 11) is 0. The summed E-state index contributed by atoms with van der Waals surface area (Å²) >= 11 is 0. The summed E-state index contributed by atoms with van der Waals surface area (Å²) in [5, 5.41) is 0.489. The number of hydroxylamine groups is 2. The zero-order valence-corrected chi connectivity index (χ0v) is 15.8. The van der Waals surface area contributed by atoms with Gasteiger partial charge in [-0.05, 0) is 48.5 Å². The van der Waals surface area contributed by atoms with E-state index in [9.17, 15) is 14.4 Å². The molecule has 0 radical (unpaired) electrons. The van der Waals surface area contributed by atoms with Gasteiger partial charge in [-0.25, -0.2) is 4.79 Å². The normalized spacial score (nSPS) is 12.5. The molecule has 0 N–H and O–H groups in total. The first-order valence-electron chi connectivity index (χ1n) is 9.26. The second kappa shape index (κ2) is 8.48. The Morgan fingerprint density at radius 1 is 0.700 bits per heavy atom. The monoisotopic (exact) mass is 403 g/mol. The minimum Gasteiger partial charge on any atom is -0.493 e. The molecule has 0 unspecified atom stereocenters. The van der Waals surface area contributed by atoms with Gasteiger partial charge in [-0.2, -0.15) is 0 Å². The number of ether oxygens (including phenoxy) is 2. The molecule has 0 saturated heterocycles. The van der Waals surface area contributed by atoms with Crippen LogP contribution < -0.4 is 9.47 Å². The van der Waals surface area contributed by atoms with Crippen molar-refractivity contribution in [3.8, 4) is 17.2 Å². The van der Waals surface area contributed by atoms with E-state index in [-0.39, 0.29) is 24.2 Å². The van der Waals surface area contributed by atoms with Crippen LogP contribution in [0.4, 0.5) is 0 Å². The van der Waals surface area contributed by atoms with Crippen molar-refractivity contribution in [2.45, 2.75) is 6.42 Å². The van der Waals surface area contributed by atoms with Crippen LogP contribution in [0.15, 0.2) is 78.9 Å². The smallest absolute Gasteiger partial charge is 0.336 e. The molecule has 150 valence electrons. The lowest BCUT2D eigenvalue weighted by Crippen LogP contribution is -2.33. The Morgan fingerprint density at radius 2 is 1.23 bits per heavy atom. The summed E-state index contributed by atoms with van der Waals surface area (Å²) in [5.41, 5.74) is 0.425. The first-order chi connectivity index (χ1) is 14.6. The summed E-state index contributed by atoms with van der Waals surface area (Å²) in [5.74, 6) is -0.129. The van der Waals surface area contributed by atoms with Gasteiger partial charge >= 0.3 is 5.97 Å². The molecule has 2 amide bonds. The fourth-order valence-corrected chi connectivity index (χ4v) is 2.88. The first kappa shape index (κ1) is 19.2. The average molecular weight is 403 g/mol. The standard InChI is InChI=1S/C23H17NO6/c25-21(30-24-22(26)19-8-4-5-9-20(19)23(24)27)14-15-28-16-10-12-18(13-11-16)29-17-6-2-1-3-7-17/h1-13H,14-15H2. The Labute approximate surface area is 172 Å². The van der Waals surface area contributed by atoms with E-state index in [1.165, 1.54) is 12.1 Å². The number of fused-ring (bicyclic) bond motifs is 1. The quantitative estimate of drug-likeness (QED) is 0.555. The highest BCUT2D eigenvalue weighted by Gasteiger charge is 2.38. The highest BCUT2D eigenvalue weighted by Crippen LogP contribution is 2.24. The number of hydrogen-bond acceptors (Lipinski definition) is 6. The molecule has 7 nitrogen and oxygen atoms in total. The molecule has 0 fully saturated rings. The molecule has 3 aromatic carbocycles. The maximum absolute atomic E-state index is 12.2. The summed E-state index contributed by atoms with van der Waals surface area (Å²) in [6, 6.07) is 22.6. The zero-order valence-electron chi connectivity index (χ0n) is 15.8. The number of imide groups is 1. The second-order valence-electron chi connectivity index (χ2n) is 6.40. The average Bonchev–Trinajstić information content (AvgIpc) is 3.01. The second-order valence-corrected chi connectivity index (χ2v) is 6.40. The van der Waals surface area contributed by atoms with Crippen molar-refractivity contribution in [3.63, 3.8) is 0 Å². The number of rotatable bonds is 7. The van der Waals surface area contributed by atoms with Crippen LogP contribution in [0.5, 0.6) is 17.2 Å². The van der Waals surface area contributed by atoms with Crippen LogP contribution in [-0.2, 0) is 9.63 Å². The molecule has 0 aromatic heterocycles. The Hall–Kier alpha value is -4.13. The van der Waals surface area contributed by atoms with Crippen molar-refractivity contribution < 1.29 is 28.7 Å². The van der Waals surface area contributed by atoms with E-state index < -0.39 is 17.8 Å². The number of benzene rings is 3. The lowest BCUT2D eigenvalue weighted by atomic mass is 10.1. The van der Waals surface area contributed by atoms with Gasteiger partial charge in [0.1, 0.15) is 17.2 Å². The van der Waals surface area contributed by atoms with Crippen molar-refractivity contribution in [1.29, 1.82) is 0 Å². The van der Waals surface area contributed by atoms with E-state index in [0.717, 1.165) is 5.75 Å². The first-order valence-corrected chi connectivity index (χ1v) is 9.26. The molecule has 0 aliphatic carbocycles. The summed E-state index contributed by atoms with van der Waals surface area (Å²) < 4.78 is 11.2. The van der Waals surface area contributed by atoms with Crippen LogP contribution in [0.25, 0.3) is 0 Å². The molecule has 0 atom stereocenters. The van der Waals surface area contributed by atoms with Gasteiger partial charge in [-0.1, -0.05) is 35.4 Å². The van der Waals surface area contributed by atoms with Crippen molar-refractivity contribution in [2.24, 2.45) is 0 Å². The van der Waals surface area contributed by atoms with Crippen LogP contribution in [-0.4, -0.2) is 29.5 Å². The largest absolute Gasteiger partial charge is 0.493 e. The van der Waals surface area contributed by atoms with Crippen LogP contribution in [0.1, 0.15) is 27.1 Å². The van der Waals surface area contributed by atoms with Gasteiger partial charge in [0.25, 0.3) is 11.8 Å². The number of nitrogens with zero attached hydrogens (tertiary/aromatic N) is 1. The number of carbonyl (C=O) groups excluding carboxylic acids is 3. The fourth-order valence-electron chi connectivity index (χ4n) is 2.88. The molecule has 1 aliphatic heterocycles. The number of para-hydroxylation sites is 1. The van der Waals surface area contributed by atoms with Crippen molar-refractivity contribution in [1.82, 2.24) is 5.06 Å². The topological polar surface area (TPSA) is 82.1 Å². The molecule has 0 spiro atoms. The van der Waals surface area contributed by atoms with E-state index in [2.05, 4.69) is 0 Å². The van der Waals surface area contributed by atoms with Crippen LogP contribution in [0.2, 0.25) is 0 Å². The molecule has 4 rings (SSSR count). The van der Waals surface area contributed by atoms with Gasteiger partial charge in [-0.15, -0.1) is 0 Å². The maximum Gasteiger partial charge on any atom is 0.336 e. The number of amides is 2. The van der Waals surface area contributed by atoms with Crippen molar-refractivity contribution in [2.75, 3.05) is 6.61 Å². The Morgan fingerprint density at radius 3 is 1.87 bits per heavy atom. The van der Waals surface area contributed by atoms with Crippen LogP contribution >= 0.6 is 0 Å². The van der Waals surface area contributed by atoms with Crippen LogP contribution in [0, 0.1) is 0 Å². The van der Waals surface area contributed by atoms with Gasteiger partial charge in [0.15, 0.2) is 0 Å². The van der Waals surface area contributed by atoms with E-state index in [1.807, 2.05) is 30.3 Å². The maximum atomic E-state index is 12.2. The molecular formula is C23H17NO6. The lowest BCUT2D eigenvalue weighted by Gasteiger charge is -2.13. The fraction of sp³-hybridized carbons (Fsp3) is 0.0870. The number of hydrogen-bond donors (Lipinski definition) is 0.